The van der Waals surface area contributed by atoms with Crippen LogP contribution in [0.25, 0.3) is 0 Å². The molecule has 2 aromatic rings. The molecule has 3 rings (SSSR count). The van der Waals surface area contributed by atoms with Crippen LogP contribution < -0.4 is 10.1 Å². The van der Waals surface area contributed by atoms with Gasteiger partial charge in [-0.15, -0.1) is 0 Å². The van der Waals surface area contributed by atoms with Crippen molar-refractivity contribution in [1.29, 1.82) is 0 Å². The summed E-state index contributed by atoms with van der Waals surface area (Å²) in [5.41, 5.74) is 1.16. The molecule has 0 spiro atoms. The van der Waals surface area contributed by atoms with Crippen LogP contribution in [-0.4, -0.2) is 5.60 Å². The number of hydrogen-bond donors (Lipinski definition) is 1. The molecule has 0 aliphatic carbocycles. The summed E-state index contributed by atoms with van der Waals surface area (Å²) < 4.78 is 19.7. The molecular formula is C16H16FNO. The quantitative estimate of drug-likeness (QED) is 0.872. The van der Waals surface area contributed by atoms with Crippen LogP contribution in [0.5, 0.6) is 5.75 Å². The minimum atomic E-state index is -0.411. The zero-order chi connectivity index (χ0) is 13.5. The fraction of sp³-hybridized carbons (Fsp3) is 0.250. The molecular weight excluding hydrogens is 241 g/mol. The Morgan fingerprint density at radius 3 is 2.53 bits per heavy atom. The lowest BCUT2D eigenvalue weighted by Gasteiger charge is -2.28. The van der Waals surface area contributed by atoms with E-state index in [0.29, 0.717) is 5.69 Å². The first kappa shape index (κ1) is 12.0. The average molecular weight is 257 g/mol. The number of halogens is 1. The van der Waals surface area contributed by atoms with E-state index in [1.165, 1.54) is 6.07 Å². The molecule has 1 aliphatic heterocycles. The molecule has 3 heteroatoms. The van der Waals surface area contributed by atoms with Gasteiger partial charge in [0.05, 0.1) is 11.7 Å². The second kappa shape index (κ2) is 4.26. The molecule has 0 amide bonds. The van der Waals surface area contributed by atoms with Gasteiger partial charge in [0.25, 0.3) is 0 Å². The van der Waals surface area contributed by atoms with E-state index in [2.05, 4.69) is 5.32 Å². The first-order valence-electron chi connectivity index (χ1n) is 6.37. The smallest absolute Gasteiger partial charge is 0.146 e. The molecule has 0 saturated carbocycles. The first-order valence-corrected chi connectivity index (χ1v) is 6.37. The van der Waals surface area contributed by atoms with Crippen molar-refractivity contribution in [2.24, 2.45) is 0 Å². The summed E-state index contributed by atoms with van der Waals surface area (Å²) in [7, 11) is 0. The predicted molar refractivity (Wildman–Crippen MR) is 73.9 cm³/mol. The average Bonchev–Trinajstić information content (AvgIpc) is 2.63. The van der Waals surface area contributed by atoms with Gasteiger partial charge in [0, 0.05) is 5.56 Å². The molecule has 1 atom stereocenters. The summed E-state index contributed by atoms with van der Waals surface area (Å²) in [5, 5.41) is 3.26. The van der Waals surface area contributed by atoms with Crippen molar-refractivity contribution in [3.05, 3.63) is 59.9 Å². The van der Waals surface area contributed by atoms with Crippen LogP contribution in [0.2, 0.25) is 0 Å². The van der Waals surface area contributed by atoms with Gasteiger partial charge in [-0.1, -0.05) is 30.3 Å². The third-order valence-electron chi connectivity index (χ3n) is 3.47. The SMILES string of the molecule is CC1(C)Oc2ccccc2C1Nc1ccccc1F. The second-order valence-corrected chi connectivity index (χ2v) is 5.30. The Morgan fingerprint density at radius 2 is 1.74 bits per heavy atom. The van der Waals surface area contributed by atoms with Gasteiger partial charge in [-0.2, -0.15) is 0 Å². The lowest BCUT2D eigenvalue weighted by atomic mass is 9.94. The molecule has 2 nitrogen and oxygen atoms in total. The van der Waals surface area contributed by atoms with Crippen molar-refractivity contribution in [2.75, 3.05) is 5.32 Å². The Kier molecular flexibility index (Phi) is 2.70. The van der Waals surface area contributed by atoms with Gasteiger partial charge in [-0.25, -0.2) is 4.39 Å². The normalized spacial score (nSPS) is 19.6. The Labute approximate surface area is 112 Å². The highest BCUT2D eigenvalue weighted by Gasteiger charge is 2.41. The van der Waals surface area contributed by atoms with Gasteiger partial charge in [-0.3, -0.25) is 0 Å². The minimum Gasteiger partial charge on any atom is -0.485 e. The zero-order valence-corrected chi connectivity index (χ0v) is 11.0. The summed E-state index contributed by atoms with van der Waals surface area (Å²) in [4.78, 5) is 0. The molecule has 98 valence electrons. The lowest BCUT2D eigenvalue weighted by Crippen LogP contribution is -2.34. The highest BCUT2D eigenvalue weighted by Crippen LogP contribution is 2.44. The maximum Gasteiger partial charge on any atom is 0.146 e. The maximum absolute atomic E-state index is 13.8. The van der Waals surface area contributed by atoms with E-state index in [-0.39, 0.29) is 11.9 Å². The molecule has 0 fully saturated rings. The van der Waals surface area contributed by atoms with E-state index in [1.807, 2.05) is 44.2 Å². The Morgan fingerprint density at radius 1 is 1.05 bits per heavy atom. The Bertz CT molecular complexity index is 609. The number of ether oxygens (including phenoxy) is 1. The molecule has 0 radical (unpaired) electrons. The van der Waals surface area contributed by atoms with Crippen LogP contribution in [0, 0.1) is 5.82 Å². The van der Waals surface area contributed by atoms with Gasteiger partial charge < -0.3 is 10.1 Å². The van der Waals surface area contributed by atoms with Gasteiger partial charge >= 0.3 is 0 Å². The van der Waals surface area contributed by atoms with Crippen LogP contribution in [0.1, 0.15) is 25.5 Å². The van der Waals surface area contributed by atoms with Crippen LogP contribution >= 0.6 is 0 Å². The van der Waals surface area contributed by atoms with Gasteiger partial charge in [0.1, 0.15) is 17.2 Å². The second-order valence-electron chi connectivity index (χ2n) is 5.30. The Hall–Kier alpha value is -2.03. The number of anilines is 1. The van der Waals surface area contributed by atoms with Crippen molar-refractivity contribution < 1.29 is 9.13 Å². The monoisotopic (exact) mass is 257 g/mol. The summed E-state index contributed by atoms with van der Waals surface area (Å²) in [6, 6.07) is 14.5. The minimum absolute atomic E-state index is 0.0689. The number of nitrogens with one attached hydrogen (secondary N) is 1. The zero-order valence-electron chi connectivity index (χ0n) is 11.0. The lowest BCUT2D eigenvalue weighted by molar-refractivity contribution is 0.118. The molecule has 1 heterocycles. The van der Waals surface area contributed by atoms with Crippen LogP contribution in [0.4, 0.5) is 10.1 Å². The molecule has 0 aromatic heterocycles. The third kappa shape index (κ3) is 2.05. The van der Waals surface area contributed by atoms with E-state index in [0.717, 1.165) is 11.3 Å². The van der Waals surface area contributed by atoms with Crippen molar-refractivity contribution in [1.82, 2.24) is 0 Å². The van der Waals surface area contributed by atoms with Crippen LogP contribution in [-0.2, 0) is 0 Å². The summed E-state index contributed by atoms with van der Waals surface area (Å²) in [6.07, 6.45) is 0. The van der Waals surface area contributed by atoms with E-state index < -0.39 is 5.60 Å². The van der Waals surface area contributed by atoms with Crippen LogP contribution in [0.3, 0.4) is 0 Å². The van der Waals surface area contributed by atoms with Crippen molar-refractivity contribution >= 4 is 5.69 Å². The standard InChI is InChI=1S/C16H16FNO/c1-16(2)15(11-7-3-6-10-14(11)19-16)18-13-9-5-4-8-12(13)17/h3-10,15,18H,1-2H3. The van der Waals surface area contributed by atoms with Crippen LogP contribution in [0.15, 0.2) is 48.5 Å². The number of benzene rings is 2. The van der Waals surface area contributed by atoms with E-state index >= 15 is 0 Å². The number of rotatable bonds is 2. The summed E-state index contributed by atoms with van der Waals surface area (Å²) >= 11 is 0. The molecule has 0 bridgehead atoms. The van der Waals surface area contributed by atoms with Gasteiger partial charge in [-0.05, 0) is 32.0 Å². The first-order chi connectivity index (χ1) is 9.08. The fourth-order valence-electron chi connectivity index (χ4n) is 2.51. The third-order valence-corrected chi connectivity index (χ3v) is 3.47. The molecule has 2 aromatic carbocycles. The highest BCUT2D eigenvalue weighted by molar-refractivity contribution is 5.52. The topological polar surface area (TPSA) is 21.3 Å². The van der Waals surface area contributed by atoms with Crippen molar-refractivity contribution in [2.45, 2.75) is 25.5 Å². The van der Waals surface area contributed by atoms with E-state index in [4.69, 9.17) is 4.74 Å². The number of para-hydroxylation sites is 2. The van der Waals surface area contributed by atoms with E-state index in [9.17, 15) is 4.39 Å². The number of hydrogen-bond acceptors (Lipinski definition) is 2. The van der Waals surface area contributed by atoms with E-state index in [1.54, 1.807) is 12.1 Å². The molecule has 1 unspecified atom stereocenters. The number of fused-ring (bicyclic) bond motifs is 1. The van der Waals surface area contributed by atoms with Gasteiger partial charge in [0.15, 0.2) is 0 Å². The maximum atomic E-state index is 13.8. The predicted octanol–water partition coefficient (Wildman–Crippen LogP) is 4.15. The fourth-order valence-corrected chi connectivity index (χ4v) is 2.51. The molecule has 0 saturated heterocycles. The Balaban J connectivity index is 1.98. The molecule has 19 heavy (non-hydrogen) atoms. The van der Waals surface area contributed by atoms with Gasteiger partial charge in [0.2, 0.25) is 0 Å². The summed E-state index contributed by atoms with van der Waals surface area (Å²) in [5.74, 6) is 0.615. The van der Waals surface area contributed by atoms with Crippen molar-refractivity contribution in [3.8, 4) is 5.75 Å². The summed E-state index contributed by atoms with van der Waals surface area (Å²) in [6.45, 7) is 4.01. The van der Waals surface area contributed by atoms with Crippen molar-refractivity contribution in [3.63, 3.8) is 0 Å². The molecule has 1 aliphatic rings. The highest BCUT2D eigenvalue weighted by atomic mass is 19.1. The largest absolute Gasteiger partial charge is 0.485 e. The molecule has 1 N–H and O–H groups in total.